The molecule has 0 saturated heterocycles. The number of nitrogen functional groups attached to an aromatic ring is 1. The van der Waals surface area contributed by atoms with Gasteiger partial charge in [0.05, 0.1) is 11.4 Å². The molecule has 2 N–H and O–H groups in total. The molecule has 0 spiro atoms. The Morgan fingerprint density at radius 2 is 1.58 bits per heavy atom. The summed E-state index contributed by atoms with van der Waals surface area (Å²) >= 11 is 0. The maximum atomic E-state index is 6.07. The van der Waals surface area contributed by atoms with Crippen LogP contribution in [0.1, 0.15) is 11.6 Å². The molecule has 19 heavy (non-hydrogen) atoms. The fourth-order valence-electron chi connectivity index (χ4n) is 2.17. The van der Waals surface area contributed by atoms with Gasteiger partial charge >= 0.3 is 0 Å². The first-order chi connectivity index (χ1) is 9.16. The highest BCUT2D eigenvalue weighted by Gasteiger charge is 2.08. The highest BCUT2D eigenvalue weighted by atomic mass is 15.1. The van der Waals surface area contributed by atoms with E-state index in [1.165, 1.54) is 0 Å². The number of aromatic nitrogens is 4. The monoisotopic (exact) mass is 253 g/mol. The Bertz CT molecular complexity index is 723. The van der Waals surface area contributed by atoms with E-state index in [-0.39, 0.29) is 0 Å². The van der Waals surface area contributed by atoms with Crippen LogP contribution >= 0.6 is 0 Å². The van der Waals surface area contributed by atoms with Crippen LogP contribution in [0.15, 0.2) is 43.0 Å². The van der Waals surface area contributed by atoms with Crippen LogP contribution in [0.3, 0.4) is 0 Å². The van der Waals surface area contributed by atoms with Crippen molar-refractivity contribution in [3.8, 4) is 11.4 Å². The van der Waals surface area contributed by atoms with E-state index in [1.54, 1.807) is 12.4 Å². The SMILES string of the molecule is Cc1nccn1-c1ccc(N)c(-n2ccnc2C)c1. The van der Waals surface area contributed by atoms with Gasteiger partial charge in [0.1, 0.15) is 11.6 Å². The second kappa shape index (κ2) is 4.28. The maximum Gasteiger partial charge on any atom is 0.110 e. The fourth-order valence-corrected chi connectivity index (χ4v) is 2.17. The van der Waals surface area contributed by atoms with Gasteiger partial charge in [-0.1, -0.05) is 0 Å². The molecule has 0 aliphatic heterocycles. The van der Waals surface area contributed by atoms with Crippen molar-refractivity contribution in [1.82, 2.24) is 19.1 Å². The molecular formula is C14H15N5. The van der Waals surface area contributed by atoms with Crippen LogP contribution in [0.25, 0.3) is 11.4 Å². The minimum atomic E-state index is 0.725. The second-order valence-corrected chi connectivity index (χ2v) is 4.43. The van der Waals surface area contributed by atoms with Crippen molar-refractivity contribution in [2.75, 3.05) is 5.73 Å². The molecule has 3 aromatic rings. The second-order valence-electron chi connectivity index (χ2n) is 4.43. The molecule has 0 saturated carbocycles. The molecule has 96 valence electrons. The number of nitrogens with two attached hydrogens (primary N) is 1. The van der Waals surface area contributed by atoms with E-state index in [9.17, 15) is 0 Å². The summed E-state index contributed by atoms with van der Waals surface area (Å²) in [7, 11) is 0. The number of hydrogen-bond donors (Lipinski definition) is 1. The number of rotatable bonds is 2. The van der Waals surface area contributed by atoms with E-state index < -0.39 is 0 Å². The standard InChI is InChI=1S/C14H15N5/c1-10-16-5-7-18(10)12-3-4-13(15)14(9-12)19-8-6-17-11(19)2/h3-9H,15H2,1-2H3. The average molecular weight is 253 g/mol. The molecule has 3 rings (SSSR count). The third-order valence-corrected chi connectivity index (χ3v) is 3.20. The van der Waals surface area contributed by atoms with E-state index in [0.29, 0.717) is 0 Å². The highest BCUT2D eigenvalue weighted by Crippen LogP contribution is 2.22. The summed E-state index contributed by atoms with van der Waals surface area (Å²) in [6, 6.07) is 5.93. The summed E-state index contributed by atoms with van der Waals surface area (Å²) in [5.41, 5.74) is 8.76. The van der Waals surface area contributed by atoms with Crippen LogP contribution < -0.4 is 5.73 Å². The van der Waals surface area contributed by atoms with Gasteiger partial charge in [-0.15, -0.1) is 0 Å². The van der Waals surface area contributed by atoms with Crippen LogP contribution in [0.4, 0.5) is 5.69 Å². The van der Waals surface area contributed by atoms with Crippen LogP contribution in [0, 0.1) is 13.8 Å². The Labute approximate surface area is 111 Å². The summed E-state index contributed by atoms with van der Waals surface area (Å²) in [6.45, 7) is 3.92. The van der Waals surface area contributed by atoms with E-state index in [1.807, 2.05) is 53.6 Å². The summed E-state index contributed by atoms with van der Waals surface area (Å²) in [5, 5.41) is 0. The lowest BCUT2D eigenvalue weighted by Gasteiger charge is -2.12. The van der Waals surface area contributed by atoms with E-state index in [0.717, 1.165) is 28.7 Å². The molecule has 0 amide bonds. The summed E-state index contributed by atoms with van der Waals surface area (Å²) in [5.74, 6) is 1.85. The van der Waals surface area contributed by atoms with Gasteiger partial charge in [-0.05, 0) is 32.0 Å². The van der Waals surface area contributed by atoms with Crippen molar-refractivity contribution in [3.63, 3.8) is 0 Å². The predicted molar refractivity (Wildman–Crippen MR) is 74.6 cm³/mol. The topological polar surface area (TPSA) is 61.7 Å². The van der Waals surface area contributed by atoms with Crippen LogP contribution in [-0.2, 0) is 0 Å². The van der Waals surface area contributed by atoms with Crippen molar-refractivity contribution in [3.05, 3.63) is 54.6 Å². The molecule has 0 radical (unpaired) electrons. The van der Waals surface area contributed by atoms with Crippen molar-refractivity contribution in [2.24, 2.45) is 0 Å². The summed E-state index contributed by atoms with van der Waals surface area (Å²) < 4.78 is 4.00. The molecule has 0 atom stereocenters. The largest absolute Gasteiger partial charge is 0.397 e. The van der Waals surface area contributed by atoms with Gasteiger partial charge < -0.3 is 14.9 Å². The molecule has 5 heteroatoms. The lowest BCUT2D eigenvalue weighted by molar-refractivity contribution is 0.950. The number of anilines is 1. The number of benzene rings is 1. The number of hydrogen-bond acceptors (Lipinski definition) is 3. The van der Waals surface area contributed by atoms with Crippen molar-refractivity contribution < 1.29 is 0 Å². The average Bonchev–Trinajstić information content (AvgIpc) is 2.99. The lowest BCUT2D eigenvalue weighted by atomic mass is 10.2. The van der Waals surface area contributed by atoms with Gasteiger partial charge in [0.2, 0.25) is 0 Å². The molecular weight excluding hydrogens is 238 g/mol. The first kappa shape index (κ1) is 11.5. The van der Waals surface area contributed by atoms with Crippen molar-refractivity contribution in [1.29, 1.82) is 0 Å². The number of imidazole rings is 2. The minimum Gasteiger partial charge on any atom is -0.397 e. The Balaban J connectivity index is 2.17. The third-order valence-electron chi connectivity index (χ3n) is 3.20. The van der Waals surface area contributed by atoms with Gasteiger partial charge in [0, 0.05) is 30.5 Å². The molecule has 0 aliphatic carbocycles. The Morgan fingerprint density at radius 1 is 0.947 bits per heavy atom. The minimum absolute atomic E-state index is 0.725. The third kappa shape index (κ3) is 1.89. The Hall–Kier alpha value is -2.56. The van der Waals surface area contributed by atoms with E-state index in [4.69, 9.17) is 5.73 Å². The van der Waals surface area contributed by atoms with Gasteiger partial charge in [-0.3, -0.25) is 0 Å². The molecule has 0 unspecified atom stereocenters. The molecule has 1 aromatic carbocycles. The van der Waals surface area contributed by atoms with Crippen molar-refractivity contribution >= 4 is 5.69 Å². The van der Waals surface area contributed by atoms with Gasteiger partial charge in [0.15, 0.2) is 0 Å². The van der Waals surface area contributed by atoms with Crippen LogP contribution in [-0.4, -0.2) is 19.1 Å². The summed E-state index contributed by atoms with van der Waals surface area (Å²) in [6.07, 6.45) is 7.40. The Kier molecular flexibility index (Phi) is 2.59. The first-order valence-electron chi connectivity index (χ1n) is 6.07. The van der Waals surface area contributed by atoms with Crippen LogP contribution in [0.5, 0.6) is 0 Å². The predicted octanol–water partition coefficient (Wildman–Crippen LogP) is 2.26. The van der Waals surface area contributed by atoms with Gasteiger partial charge in [-0.25, -0.2) is 9.97 Å². The summed E-state index contributed by atoms with van der Waals surface area (Å²) in [4.78, 5) is 8.47. The normalized spacial score (nSPS) is 10.8. The number of nitrogens with zero attached hydrogens (tertiary/aromatic N) is 4. The van der Waals surface area contributed by atoms with Gasteiger partial charge in [0.25, 0.3) is 0 Å². The number of aryl methyl sites for hydroxylation is 2. The van der Waals surface area contributed by atoms with E-state index in [2.05, 4.69) is 9.97 Å². The zero-order valence-electron chi connectivity index (χ0n) is 10.9. The van der Waals surface area contributed by atoms with Crippen LogP contribution in [0.2, 0.25) is 0 Å². The molecule has 5 nitrogen and oxygen atoms in total. The first-order valence-corrected chi connectivity index (χ1v) is 6.07. The smallest absolute Gasteiger partial charge is 0.110 e. The molecule has 0 aliphatic rings. The highest BCUT2D eigenvalue weighted by molar-refractivity contribution is 5.62. The molecule has 2 aromatic heterocycles. The van der Waals surface area contributed by atoms with Crippen molar-refractivity contribution in [2.45, 2.75) is 13.8 Å². The zero-order valence-corrected chi connectivity index (χ0v) is 10.9. The van der Waals surface area contributed by atoms with Gasteiger partial charge in [-0.2, -0.15) is 0 Å². The Morgan fingerprint density at radius 3 is 2.16 bits per heavy atom. The molecule has 0 fully saturated rings. The fraction of sp³-hybridized carbons (Fsp3) is 0.143. The zero-order chi connectivity index (χ0) is 13.4. The maximum absolute atomic E-state index is 6.07. The molecule has 2 heterocycles. The van der Waals surface area contributed by atoms with E-state index >= 15 is 0 Å². The quantitative estimate of drug-likeness (QED) is 0.712. The lowest BCUT2D eigenvalue weighted by Crippen LogP contribution is -2.03. The molecule has 0 bridgehead atoms.